The lowest BCUT2D eigenvalue weighted by atomic mass is 10.1. The highest BCUT2D eigenvalue weighted by Gasteiger charge is 2.33. The van der Waals surface area contributed by atoms with Crippen molar-refractivity contribution in [1.29, 1.82) is 0 Å². The van der Waals surface area contributed by atoms with E-state index in [1.807, 2.05) is 60.7 Å². The second-order valence-electron chi connectivity index (χ2n) is 7.27. The number of amides is 2. The minimum atomic E-state index is -0.802. The molecule has 0 saturated carbocycles. The van der Waals surface area contributed by atoms with Crippen LogP contribution in [0.4, 0.5) is 11.6 Å². The highest BCUT2D eigenvalue weighted by Crippen LogP contribution is 2.28. The Bertz CT molecular complexity index is 1250. The average molecular weight is 425 g/mol. The van der Waals surface area contributed by atoms with Gasteiger partial charge < -0.3 is 10.1 Å². The molecule has 3 aromatic carbocycles. The molecule has 0 spiro atoms. The molecule has 0 radical (unpaired) electrons. The zero-order valence-corrected chi connectivity index (χ0v) is 16.9. The number of nitrogens with zero attached hydrogens (tertiary/aromatic N) is 3. The summed E-state index contributed by atoms with van der Waals surface area (Å²) in [6.07, 6.45) is -0.0222. The van der Waals surface area contributed by atoms with Crippen LogP contribution in [0.1, 0.15) is 12.5 Å². The second-order valence-corrected chi connectivity index (χ2v) is 7.27. The highest BCUT2D eigenvalue weighted by molar-refractivity contribution is 6.00. The molecule has 8 heteroatoms. The molecular formula is C24H19N5O3. The Balaban J connectivity index is 1.33. The first-order chi connectivity index (χ1) is 15.7. The fourth-order valence-corrected chi connectivity index (χ4v) is 3.43. The summed E-state index contributed by atoms with van der Waals surface area (Å²) >= 11 is 0. The second kappa shape index (κ2) is 8.35. The molecule has 8 nitrogen and oxygen atoms in total. The maximum atomic E-state index is 13.0. The molecule has 0 aliphatic carbocycles. The highest BCUT2D eigenvalue weighted by atomic mass is 16.5. The zero-order valence-electron chi connectivity index (χ0n) is 16.9. The molecule has 2 heterocycles. The molecule has 158 valence electrons. The third kappa shape index (κ3) is 4.06. The molecule has 0 bridgehead atoms. The summed E-state index contributed by atoms with van der Waals surface area (Å²) < 4.78 is 7.24. The third-order valence-electron chi connectivity index (χ3n) is 4.99. The predicted octanol–water partition coefficient (Wildman–Crippen LogP) is 4.26. The number of nitrogens with one attached hydrogen (secondary N) is 2. The minimum absolute atomic E-state index is 0.0222. The van der Waals surface area contributed by atoms with Crippen molar-refractivity contribution in [2.75, 3.05) is 10.6 Å². The van der Waals surface area contributed by atoms with Gasteiger partial charge in [0.25, 0.3) is 0 Å². The maximum Gasteiger partial charge on any atom is 0.249 e. The van der Waals surface area contributed by atoms with Crippen LogP contribution in [0.3, 0.4) is 0 Å². The van der Waals surface area contributed by atoms with Crippen LogP contribution in [0.5, 0.6) is 11.5 Å². The van der Waals surface area contributed by atoms with Crippen molar-refractivity contribution in [2.45, 2.75) is 12.5 Å². The molecular weight excluding hydrogens is 406 g/mol. The van der Waals surface area contributed by atoms with E-state index in [1.54, 1.807) is 24.3 Å². The monoisotopic (exact) mass is 425 g/mol. The van der Waals surface area contributed by atoms with E-state index < -0.39 is 6.04 Å². The molecule has 0 saturated heterocycles. The van der Waals surface area contributed by atoms with Gasteiger partial charge in [0.2, 0.25) is 17.8 Å². The Hall–Kier alpha value is -4.46. The lowest BCUT2D eigenvalue weighted by molar-refractivity contribution is -0.125. The van der Waals surface area contributed by atoms with Crippen molar-refractivity contribution in [3.63, 3.8) is 0 Å². The minimum Gasteiger partial charge on any atom is -0.457 e. The number of rotatable bonds is 5. The Labute approximate surface area is 183 Å². The van der Waals surface area contributed by atoms with E-state index in [4.69, 9.17) is 4.74 Å². The number of fused-ring (bicyclic) bond motifs is 1. The first-order valence-corrected chi connectivity index (χ1v) is 10.1. The Kier molecular flexibility index (Phi) is 5.09. The van der Waals surface area contributed by atoms with Gasteiger partial charge in [-0.1, -0.05) is 48.5 Å². The zero-order chi connectivity index (χ0) is 21.9. The van der Waals surface area contributed by atoms with Crippen LogP contribution in [0.15, 0.2) is 84.9 Å². The topological polar surface area (TPSA) is 98.1 Å². The number of carbonyl (C=O) groups is 2. The molecule has 1 atom stereocenters. The van der Waals surface area contributed by atoms with E-state index in [0.29, 0.717) is 17.3 Å². The van der Waals surface area contributed by atoms with Crippen LogP contribution in [0, 0.1) is 0 Å². The quantitative estimate of drug-likeness (QED) is 0.498. The van der Waals surface area contributed by atoms with Crippen molar-refractivity contribution in [2.24, 2.45) is 0 Å². The van der Waals surface area contributed by atoms with Crippen molar-refractivity contribution in [3.8, 4) is 22.9 Å². The van der Waals surface area contributed by atoms with Gasteiger partial charge in [-0.05, 0) is 36.4 Å². The van der Waals surface area contributed by atoms with Crippen molar-refractivity contribution in [1.82, 2.24) is 14.8 Å². The van der Waals surface area contributed by atoms with Gasteiger partial charge in [0, 0.05) is 11.3 Å². The molecule has 1 aromatic heterocycles. The summed E-state index contributed by atoms with van der Waals surface area (Å²) in [4.78, 5) is 29.5. The average Bonchev–Trinajstić information content (AvgIpc) is 3.25. The van der Waals surface area contributed by atoms with Crippen LogP contribution in [-0.2, 0) is 9.59 Å². The van der Waals surface area contributed by atoms with Crippen LogP contribution in [-0.4, -0.2) is 26.6 Å². The Morgan fingerprint density at radius 3 is 2.31 bits per heavy atom. The summed E-state index contributed by atoms with van der Waals surface area (Å²) in [6.45, 7) is 0. The van der Waals surface area contributed by atoms with Crippen LogP contribution in [0.2, 0.25) is 0 Å². The van der Waals surface area contributed by atoms with E-state index in [2.05, 4.69) is 20.7 Å². The lowest BCUT2D eigenvalue weighted by Crippen LogP contribution is -2.36. The van der Waals surface area contributed by atoms with Gasteiger partial charge >= 0.3 is 0 Å². The van der Waals surface area contributed by atoms with Gasteiger partial charge in [0.05, 0.1) is 6.42 Å². The van der Waals surface area contributed by atoms with Crippen molar-refractivity contribution in [3.05, 3.63) is 84.9 Å². The van der Waals surface area contributed by atoms with Crippen molar-refractivity contribution < 1.29 is 14.3 Å². The number of ether oxygens (including phenoxy) is 1. The maximum absolute atomic E-state index is 13.0. The number of hydrogen-bond acceptors (Lipinski definition) is 5. The number of benzene rings is 3. The molecule has 0 fully saturated rings. The van der Waals surface area contributed by atoms with Gasteiger partial charge in [-0.25, -0.2) is 4.68 Å². The van der Waals surface area contributed by atoms with Gasteiger partial charge in [-0.15, -0.1) is 5.10 Å². The number of anilines is 2. The van der Waals surface area contributed by atoms with Crippen LogP contribution in [0.25, 0.3) is 11.4 Å². The van der Waals surface area contributed by atoms with E-state index in [9.17, 15) is 9.59 Å². The number of para-hydroxylation sites is 1. The van der Waals surface area contributed by atoms with Gasteiger partial charge in [-0.3, -0.25) is 14.9 Å². The number of aromatic nitrogens is 3. The van der Waals surface area contributed by atoms with Crippen molar-refractivity contribution >= 4 is 23.5 Å². The van der Waals surface area contributed by atoms with Gasteiger partial charge in [0.15, 0.2) is 5.82 Å². The third-order valence-corrected chi connectivity index (χ3v) is 4.99. The summed E-state index contributed by atoms with van der Waals surface area (Å²) in [6, 6.07) is 25.1. The lowest BCUT2D eigenvalue weighted by Gasteiger charge is -2.22. The predicted molar refractivity (Wildman–Crippen MR) is 119 cm³/mol. The fourth-order valence-electron chi connectivity index (χ4n) is 3.43. The largest absolute Gasteiger partial charge is 0.457 e. The summed E-state index contributed by atoms with van der Waals surface area (Å²) in [7, 11) is 0. The number of hydrogen-bond donors (Lipinski definition) is 2. The molecule has 5 rings (SSSR count). The Morgan fingerprint density at radius 2 is 1.59 bits per heavy atom. The smallest absolute Gasteiger partial charge is 0.249 e. The molecule has 32 heavy (non-hydrogen) atoms. The van der Waals surface area contributed by atoms with E-state index in [-0.39, 0.29) is 24.2 Å². The standard InChI is InChI=1S/C24H19N5O3/c30-21-15-20(29-24(26-21)27-22(28-29)16-7-3-1-4-8-16)23(31)25-17-11-13-19(14-12-17)32-18-9-5-2-6-10-18/h1-14,20H,15H2,(H,25,31)(H,26,27,28,30)/t20-/m0/s1. The van der Waals surface area contributed by atoms with E-state index in [1.165, 1.54) is 4.68 Å². The summed E-state index contributed by atoms with van der Waals surface area (Å²) in [5.74, 6) is 1.45. The fraction of sp³-hybridized carbons (Fsp3) is 0.0833. The molecule has 4 aromatic rings. The first kappa shape index (κ1) is 19.5. The SMILES string of the molecule is O=C1C[C@@H](C(=O)Nc2ccc(Oc3ccccc3)cc2)n2nc(-c3ccccc3)nc2N1. The molecule has 1 aliphatic heterocycles. The molecule has 2 N–H and O–H groups in total. The molecule has 2 amide bonds. The van der Waals surface area contributed by atoms with Crippen LogP contribution >= 0.6 is 0 Å². The van der Waals surface area contributed by atoms with Crippen LogP contribution < -0.4 is 15.4 Å². The first-order valence-electron chi connectivity index (χ1n) is 10.1. The Morgan fingerprint density at radius 1 is 0.938 bits per heavy atom. The number of carbonyl (C=O) groups excluding carboxylic acids is 2. The normalized spacial score (nSPS) is 14.9. The van der Waals surface area contributed by atoms with E-state index in [0.717, 1.165) is 11.3 Å². The van der Waals surface area contributed by atoms with Gasteiger partial charge in [0.1, 0.15) is 17.5 Å². The van der Waals surface area contributed by atoms with Gasteiger partial charge in [-0.2, -0.15) is 4.98 Å². The molecule has 1 aliphatic rings. The summed E-state index contributed by atoms with van der Waals surface area (Å²) in [5, 5.41) is 10.0. The summed E-state index contributed by atoms with van der Waals surface area (Å²) in [5.41, 5.74) is 1.39. The molecule has 0 unspecified atom stereocenters. The van der Waals surface area contributed by atoms with E-state index >= 15 is 0 Å².